The highest BCUT2D eigenvalue weighted by atomic mass is 16.5. The Bertz CT molecular complexity index is 846. The van der Waals surface area contributed by atoms with E-state index in [9.17, 15) is 4.79 Å². The second-order valence-electron chi connectivity index (χ2n) is 7.25. The van der Waals surface area contributed by atoms with Crippen LogP contribution in [0.1, 0.15) is 55.8 Å². The maximum absolute atomic E-state index is 12.7. The third-order valence-electron chi connectivity index (χ3n) is 4.99. The molecule has 0 N–H and O–H groups in total. The normalized spacial score (nSPS) is 16.9. The largest absolute Gasteiger partial charge is 0.493 e. The van der Waals surface area contributed by atoms with Crippen LogP contribution in [0.25, 0.3) is 6.08 Å². The minimum Gasteiger partial charge on any atom is -0.493 e. The van der Waals surface area contributed by atoms with Crippen LogP contribution in [-0.4, -0.2) is 47.8 Å². The first-order valence-corrected chi connectivity index (χ1v) is 10.2. The summed E-state index contributed by atoms with van der Waals surface area (Å²) < 4.78 is 16.5. The second-order valence-corrected chi connectivity index (χ2v) is 7.25. The Kier molecular flexibility index (Phi) is 7.27. The summed E-state index contributed by atoms with van der Waals surface area (Å²) in [6.45, 7) is 5.92. The Labute approximate surface area is 171 Å². The third kappa shape index (κ3) is 5.59. The predicted octanol–water partition coefficient (Wildman–Crippen LogP) is 3.98. The van der Waals surface area contributed by atoms with Crippen LogP contribution in [0, 0.1) is 6.92 Å². The van der Waals surface area contributed by atoms with Crippen molar-refractivity contribution in [3.8, 4) is 11.5 Å². The molecule has 0 saturated carbocycles. The molecule has 0 bridgehead atoms. The predicted molar refractivity (Wildman–Crippen MR) is 110 cm³/mol. The fourth-order valence-electron chi connectivity index (χ4n) is 3.36. The fraction of sp³-hybridized carbons (Fsp3) is 0.500. The number of hydrogen-bond acceptors (Lipinski definition) is 6. The van der Waals surface area contributed by atoms with Crippen LogP contribution in [0.4, 0.5) is 0 Å². The summed E-state index contributed by atoms with van der Waals surface area (Å²) in [7, 11) is 1.62. The number of hydrogen-bond donors (Lipinski definition) is 0. The van der Waals surface area contributed by atoms with Gasteiger partial charge >= 0.3 is 0 Å². The van der Waals surface area contributed by atoms with Crippen LogP contribution < -0.4 is 9.47 Å². The van der Waals surface area contributed by atoms with E-state index in [1.165, 1.54) is 0 Å². The SMILES string of the molecule is CCCCOc1ccc(C=CC(=O)N2CCCC(c3nc(C)no3)C2)cc1OC. The second kappa shape index (κ2) is 10.1. The Hall–Kier alpha value is -2.83. The number of methoxy groups -OCH3 is 1. The zero-order chi connectivity index (χ0) is 20.6. The number of aryl methyl sites for hydroxylation is 1. The zero-order valence-electron chi connectivity index (χ0n) is 17.4. The standard InChI is InChI=1S/C22H29N3O4/c1-4-5-13-28-19-10-8-17(14-20(19)27-3)9-11-21(26)25-12-6-7-18(15-25)22-23-16(2)24-29-22/h8-11,14,18H,4-7,12-13,15H2,1-3H3. The average molecular weight is 399 g/mol. The number of nitrogens with zero attached hydrogens (tertiary/aromatic N) is 3. The summed E-state index contributed by atoms with van der Waals surface area (Å²) in [6.07, 6.45) is 7.36. The number of likely N-dealkylation sites (tertiary alicyclic amines) is 1. The molecule has 1 amide bonds. The lowest BCUT2D eigenvalue weighted by atomic mass is 9.98. The smallest absolute Gasteiger partial charge is 0.246 e. The van der Waals surface area contributed by atoms with Crippen LogP contribution in [-0.2, 0) is 4.79 Å². The molecule has 1 aliphatic heterocycles. The number of carbonyl (C=O) groups is 1. The molecule has 1 aromatic carbocycles. The third-order valence-corrected chi connectivity index (χ3v) is 4.99. The number of benzene rings is 1. The van der Waals surface area contributed by atoms with Gasteiger partial charge in [-0.15, -0.1) is 0 Å². The first kappa shape index (κ1) is 20.9. The molecular formula is C22H29N3O4. The fourth-order valence-corrected chi connectivity index (χ4v) is 3.36. The summed E-state index contributed by atoms with van der Waals surface area (Å²) in [5.41, 5.74) is 0.888. The van der Waals surface area contributed by atoms with Crippen molar-refractivity contribution in [1.82, 2.24) is 15.0 Å². The van der Waals surface area contributed by atoms with Gasteiger partial charge in [-0.1, -0.05) is 24.6 Å². The van der Waals surface area contributed by atoms with Crippen LogP contribution in [0.2, 0.25) is 0 Å². The van der Waals surface area contributed by atoms with Crippen molar-refractivity contribution in [2.24, 2.45) is 0 Å². The van der Waals surface area contributed by atoms with E-state index in [1.807, 2.05) is 23.1 Å². The molecular weight excluding hydrogens is 370 g/mol. The molecule has 1 unspecified atom stereocenters. The summed E-state index contributed by atoms with van der Waals surface area (Å²) in [5.74, 6) is 2.71. The molecule has 7 heteroatoms. The Morgan fingerprint density at radius 3 is 2.97 bits per heavy atom. The lowest BCUT2D eigenvalue weighted by Crippen LogP contribution is -2.38. The molecule has 1 aliphatic rings. The van der Waals surface area contributed by atoms with E-state index in [-0.39, 0.29) is 11.8 Å². The van der Waals surface area contributed by atoms with Gasteiger partial charge in [0.05, 0.1) is 19.6 Å². The topological polar surface area (TPSA) is 77.7 Å². The monoisotopic (exact) mass is 399 g/mol. The van der Waals surface area contributed by atoms with Crippen LogP contribution >= 0.6 is 0 Å². The molecule has 0 radical (unpaired) electrons. The Morgan fingerprint density at radius 2 is 2.24 bits per heavy atom. The van der Waals surface area contributed by atoms with Crippen molar-refractivity contribution < 1.29 is 18.8 Å². The van der Waals surface area contributed by atoms with Crippen LogP contribution in [0.3, 0.4) is 0 Å². The van der Waals surface area contributed by atoms with Gasteiger partial charge in [0, 0.05) is 19.2 Å². The van der Waals surface area contributed by atoms with Crippen molar-refractivity contribution in [1.29, 1.82) is 0 Å². The van der Waals surface area contributed by atoms with Crippen molar-refractivity contribution in [2.45, 2.75) is 45.4 Å². The van der Waals surface area contributed by atoms with E-state index >= 15 is 0 Å². The van der Waals surface area contributed by atoms with E-state index in [0.29, 0.717) is 30.6 Å². The quantitative estimate of drug-likeness (QED) is 0.493. The van der Waals surface area contributed by atoms with E-state index < -0.39 is 0 Å². The van der Waals surface area contributed by atoms with Gasteiger partial charge in [-0.2, -0.15) is 4.98 Å². The molecule has 7 nitrogen and oxygen atoms in total. The summed E-state index contributed by atoms with van der Waals surface area (Å²) >= 11 is 0. The molecule has 0 spiro atoms. The molecule has 1 fully saturated rings. The highest BCUT2D eigenvalue weighted by Gasteiger charge is 2.27. The van der Waals surface area contributed by atoms with E-state index in [4.69, 9.17) is 14.0 Å². The molecule has 2 aromatic rings. The van der Waals surface area contributed by atoms with Gasteiger partial charge in [0.2, 0.25) is 11.8 Å². The number of unbranched alkanes of at least 4 members (excludes halogenated alkanes) is 1. The number of ether oxygens (including phenoxy) is 2. The molecule has 0 aliphatic carbocycles. The maximum atomic E-state index is 12.7. The van der Waals surface area contributed by atoms with Crippen molar-refractivity contribution in [3.63, 3.8) is 0 Å². The number of piperidine rings is 1. The average Bonchev–Trinajstić information content (AvgIpc) is 3.19. The molecule has 156 valence electrons. The van der Waals surface area contributed by atoms with Gasteiger partial charge in [-0.25, -0.2) is 0 Å². The lowest BCUT2D eigenvalue weighted by Gasteiger charge is -2.30. The van der Waals surface area contributed by atoms with Gasteiger partial charge in [-0.3, -0.25) is 4.79 Å². The number of rotatable bonds is 8. The molecule has 3 rings (SSSR count). The van der Waals surface area contributed by atoms with E-state index in [2.05, 4.69) is 17.1 Å². The Balaban J connectivity index is 1.62. The molecule has 1 aromatic heterocycles. The van der Waals surface area contributed by atoms with Gasteiger partial charge in [-0.05, 0) is 50.0 Å². The minimum absolute atomic E-state index is 0.0202. The Morgan fingerprint density at radius 1 is 1.38 bits per heavy atom. The lowest BCUT2D eigenvalue weighted by molar-refractivity contribution is -0.127. The van der Waals surface area contributed by atoms with Crippen molar-refractivity contribution in [3.05, 3.63) is 41.6 Å². The van der Waals surface area contributed by atoms with Crippen molar-refractivity contribution in [2.75, 3.05) is 26.8 Å². The highest BCUT2D eigenvalue weighted by molar-refractivity contribution is 5.92. The first-order valence-electron chi connectivity index (χ1n) is 10.2. The maximum Gasteiger partial charge on any atom is 0.246 e. The van der Waals surface area contributed by atoms with Gasteiger partial charge in [0.1, 0.15) is 0 Å². The minimum atomic E-state index is -0.0202. The zero-order valence-corrected chi connectivity index (χ0v) is 17.4. The first-order chi connectivity index (χ1) is 14.1. The van der Waals surface area contributed by atoms with E-state index in [1.54, 1.807) is 26.2 Å². The van der Waals surface area contributed by atoms with Crippen molar-refractivity contribution >= 4 is 12.0 Å². The van der Waals surface area contributed by atoms with Gasteiger partial charge in [0.15, 0.2) is 17.3 Å². The van der Waals surface area contributed by atoms with Gasteiger partial charge in [0.25, 0.3) is 0 Å². The summed E-state index contributed by atoms with van der Waals surface area (Å²) in [5, 5.41) is 3.86. The van der Waals surface area contributed by atoms with Crippen LogP contribution in [0.15, 0.2) is 28.8 Å². The highest BCUT2D eigenvalue weighted by Crippen LogP contribution is 2.29. The van der Waals surface area contributed by atoms with Crippen LogP contribution in [0.5, 0.6) is 11.5 Å². The molecule has 2 heterocycles. The summed E-state index contributed by atoms with van der Waals surface area (Å²) in [4.78, 5) is 18.8. The van der Waals surface area contributed by atoms with E-state index in [0.717, 1.165) is 43.5 Å². The number of carbonyl (C=O) groups excluding carboxylic acids is 1. The molecule has 1 atom stereocenters. The summed E-state index contributed by atoms with van der Waals surface area (Å²) in [6, 6.07) is 5.69. The molecule has 1 saturated heterocycles. The molecule has 29 heavy (non-hydrogen) atoms. The number of amides is 1. The number of aromatic nitrogens is 2. The van der Waals surface area contributed by atoms with Gasteiger partial charge < -0.3 is 18.9 Å².